The molecule has 2 nitrogen and oxygen atoms in total. The van der Waals surface area contributed by atoms with Crippen molar-refractivity contribution in [2.75, 3.05) is 0 Å². The van der Waals surface area contributed by atoms with Gasteiger partial charge in [-0.25, -0.2) is 9.13 Å². The summed E-state index contributed by atoms with van der Waals surface area (Å²) in [5.41, 5.74) is 4.43. The van der Waals surface area contributed by atoms with Gasteiger partial charge in [-0.2, -0.15) is 0 Å². The third kappa shape index (κ3) is 23.7. The highest BCUT2D eigenvalue weighted by Gasteiger charge is 2.25. The summed E-state index contributed by atoms with van der Waals surface area (Å²) in [7, 11) is 0. The van der Waals surface area contributed by atoms with Crippen LogP contribution in [0.5, 0.6) is 0 Å². The number of benzene rings is 2. The molecule has 2 aromatic carbocycles. The van der Waals surface area contributed by atoms with E-state index in [0.717, 1.165) is 25.9 Å². The van der Waals surface area contributed by atoms with Crippen LogP contribution in [0.1, 0.15) is 255 Å². The summed E-state index contributed by atoms with van der Waals surface area (Å²) in [4.78, 5) is 0. The molecule has 2 heteroatoms. The summed E-state index contributed by atoms with van der Waals surface area (Å²) in [6, 6.07) is 22.5. The molecule has 0 aliphatic rings. The number of hydrogen-bond donors (Lipinski definition) is 0. The molecule has 0 saturated heterocycles. The van der Waals surface area contributed by atoms with Crippen molar-refractivity contribution in [1.82, 2.24) is 4.57 Å². The first kappa shape index (κ1) is 49.0. The van der Waals surface area contributed by atoms with Crippen molar-refractivity contribution < 1.29 is 4.57 Å². The maximum absolute atomic E-state index is 2.77. The minimum atomic E-state index is 0.513. The predicted molar refractivity (Wildman–Crippen MR) is 252 cm³/mol. The molecule has 0 spiro atoms. The minimum absolute atomic E-state index is 0.513. The number of imidazole rings is 1. The van der Waals surface area contributed by atoms with E-state index in [9.17, 15) is 0 Å². The third-order valence-electron chi connectivity index (χ3n) is 12.9. The van der Waals surface area contributed by atoms with Gasteiger partial charge in [-0.3, -0.25) is 0 Å². The van der Waals surface area contributed by atoms with Crippen molar-refractivity contribution in [2.24, 2.45) is 0 Å². The Kier molecular flexibility index (Phi) is 29.7. The standard InChI is InChI=1S/C55H93N2/c1-4-6-8-10-12-14-16-18-20-22-24-26-28-30-32-40-46-56-50-54(48-51(3)53-44-38-35-39-45-53)57(55(56)49-52-42-36-34-37-43-52)47-41-33-31-29-27-25-23-21-19-17-15-13-11-9-7-5-2/h34-39,42-45,50-51H,4-33,40-41,46-49H2,1-3H3/q+1. The number of nitrogens with zero attached hydrogens (tertiary/aromatic N) is 2. The van der Waals surface area contributed by atoms with Crippen LogP contribution in [-0.2, 0) is 25.9 Å². The van der Waals surface area contributed by atoms with Crippen molar-refractivity contribution >= 4 is 0 Å². The van der Waals surface area contributed by atoms with Crippen LogP contribution in [0.3, 0.4) is 0 Å². The van der Waals surface area contributed by atoms with E-state index in [0.29, 0.717) is 5.92 Å². The Balaban J connectivity index is 1.44. The Morgan fingerprint density at radius 3 is 1.23 bits per heavy atom. The summed E-state index contributed by atoms with van der Waals surface area (Å²) in [6.45, 7) is 9.36. The van der Waals surface area contributed by atoms with Crippen LogP contribution in [0.15, 0.2) is 66.9 Å². The fourth-order valence-electron chi connectivity index (χ4n) is 9.11. The molecule has 1 aromatic heterocycles. The topological polar surface area (TPSA) is 8.81 Å². The highest BCUT2D eigenvalue weighted by Crippen LogP contribution is 2.23. The fourth-order valence-corrected chi connectivity index (χ4v) is 9.11. The second-order valence-corrected chi connectivity index (χ2v) is 18.2. The molecule has 322 valence electrons. The molecule has 0 aliphatic heterocycles. The normalized spacial score (nSPS) is 12.1. The van der Waals surface area contributed by atoms with Crippen LogP contribution < -0.4 is 4.57 Å². The zero-order valence-corrected chi connectivity index (χ0v) is 38.3. The highest BCUT2D eigenvalue weighted by atomic mass is 15.2. The van der Waals surface area contributed by atoms with Gasteiger partial charge in [0.15, 0.2) is 0 Å². The molecular weight excluding hydrogens is 689 g/mol. The zero-order chi connectivity index (χ0) is 40.3. The van der Waals surface area contributed by atoms with E-state index in [1.165, 1.54) is 228 Å². The largest absolute Gasteiger partial charge is 0.261 e. The first-order chi connectivity index (χ1) is 28.2. The van der Waals surface area contributed by atoms with Gasteiger partial charge in [0.2, 0.25) is 0 Å². The van der Waals surface area contributed by atoms with E-state index in [2.05, 4.69) is 96.8 Å². The van der Waals surface area contributed by atoms with Gasteiger partial charge < -0.3 is 0 Å². The van der Waals surface area contributed by atoms with Gasteiger partial charge in [-0.05, 0) is 42.7 Å². The second kappa shape index (κ2) is 34.5. The van der Waals surface area contributed by atoms with Gasteiger partial charge in [-0.15, -0.1) is 0 Å². The van der Waals surface area contributed by atoms with Gasteiger partial charge in [-0.1, -0.05) is 261 Å². The maximum atomic E-state index is 2.77. The molecule has 0 fully saturated rings. The van der Waals surface area contributed by atoms with E-state index in [1.807, 2.05) is 0 Å². The predicted octanol–water partition coefficient (Wildman–Crippen LogP) is 17.2. The molecule has 3 aromatic rings. The number of aryl methyl sites for hydroxylation is 1. The average Bonchev–Trinajstić information content (AvgIpc) is 3.55. The van der Waals surface area contributed by atoms with Crippen LogP contribution >= 0.6 is 0 Å². The molecular formula is C55H93N2+. The first-order valence-electron chi connectivity index (χ1n) is 25.4. The van der Waals surface area contributed by atoms with Crippen LogP contribution in [0, 0.1) is 0 Å². The Morgan fingerprint density at radius 2 is 0.807 bits per heavy atom. The first-order valence-corrected chi connectivity index (χ1v) is 25.4. The molecule has 0 radical (unpaired) electrons. The number of unbranched alkanes of at least 4 members (excludes halogenated alkanes) is 30. The van der Waals surface area contributed by atoms with E-state index >= 15 is 0 Å². The van der Waals surface area contributed by atoms with Crippen molar-refractivity contribution in [3.63, 3.8) is 0 Å². The van der Waals surface area contributed by atoms with Gasteiger partial charge in [0.25, 0.3) is 5.82 Å². The molecule has 57 heavy (non-hydrogen) atoms. The smallest absolute Gasteiger partial charge is 0.234 e. The molecule has 1 unspecified atom stereocenters. The van der Waals surface area contributed by atoms with Crippen molar-refractivity contribution in [2.45, 2.75) is 258 Å². The van der Waals surface area contributed by atoms with Crippen LogP contribution in [0.2, 0.25) is 0 Å². The molecule has 3 rings (SSSR count). The van der Waals surface area contributed by atoms with Crippen molar-refractivity contribution in [3.05, 3.63) is 89.5 Å². The lowest BCUT2D eigenvalue weighted by Gasteiger charge is -2.12. The second-order valence-electron chi connectivity index (χ2n) is 18.2. The zero-order valence-electron chi connectivity index (χ0n) is 38.3. The van der Waals surface area contributed by atoms with Crippen LogP contribution in [0.25, 0.3) is 0 Å². The summed E-state index contributed by atoms with van der Waals surface area (Å²) < 4.78 is 5.44. The minimum Gasteiger partial charge on any atom is -0.234 e. The lowest BCUT2D eigenvalue weighted by molar-refractivity contribution is -0.704. The van der Waals surface area contributed by atoms with Crippen LogP contribution in [0.4, 0.5) is 0 Å². The summed E-state index contributed by atoms with van der Waals surface area (Å²) in [5.74, 6) is 2.04. The van der Waals surface area contributed by atoms with Crippen molar-refractivity contribution in [1.29, 1.82) is 0 Å². The molecule has 0 saturated carbocycles. The molecule has 0 amide bonds. The number of rotatable bonds is 39. The molecule has 0 bridgehead atoms. The summed E-state index contributed by atoms with van der Waals surface area (Å²) in [5, 5.41) is 0. The van der Waals surface area contributed by atoms with E-state index in [-0.39, 0.29) is 0 Å². The SMILES string of the molecule is CCCCCCCCCCCCCCCCCCn1c(CC(C)c2ccccc2)c[n+](CCCCCCCCCCCCCCCCCC)c1Cc1ccccc1. The Morgan fingerprint density at radius 1 is 0.439 bits per heavy atom. The lowest BCUT2D eigenvalue weighted by Crippen LogP contribution is -2.37. The van der Waals surface area contributed by atoms with Crippen molar-refractivity contribution in [3.8, 4) is 0 Å². The third-order valence-corrected chi connectivity index (χ3v) is 12.9. The summed E-state index contributed by atoms with van der Waals surface area (Å²) >= 11 is 0. The average molecular weight is 782 g/mol. The molecule has 0 aliphatic carbocycles. The van der Waals surface area contributed by atoms with Gasteiger partial charge >= 0.3 is 0 Å². The van der Waals surface area contributed by atoms with E-state index < -0.39 is 0 Å². The molecule has 1 atom stereocenters. The Labute approximate surface area is 355 Å². The number of hydrogen-bond acceptors (Lipinski definition) is 0. The van der Waals surface area contributed by atoms with Gasteiger partial charge in [0.1, 0.15) is 11.9 Å². The molecule has 1 heterocycles. The monoisotopic (exact) mass is 782 g/mol. The number of aromatic nitrogens is 2. The van der Waals surface area contributed by atoms with Gasteiger partial charge in [0, 0.05) is 6.42 Å². The Hall–Kier alpha value is -2.35. The highest BCUT2D eigenvalue weighted by molar-refractivity contribution is 5.22. The van der Waals surface area contributed by atoms with E-state index in [1.54, 1.807) is 0 Å². The quantitative estimate of drug-likeness (QED) is 0.0403. The summed E-state index contributed by atoms with van der Waals surface area (Å²) in [6.07, 6.45) is 50.2. The van der Waals surface area contributed by atoms with E-state index in [4.69, 9.17) is 0 Å². The fraction of sp³-hybridized carbons (Fsp3) is 0.727. The van der Waals surface area contributed by atoms with Gasteiger partial charge in [0.05, 0.1) is 19.5 Å². The Bertz CT molecular complexity index is 1290. The maximum Gasteiger partial charge on any atom is 0.261 e. The van der Waals surface area contributed by atoms with Crippen LogP contribution in [-0.4, -0.2) is 4.57 Å². The molecule has 0 N–H and O–H groups in total. The lowest BCUT2D eigenvalue weighted by atomic mass is 9.96.